The van der Waals surface area contributed by atoms with Gasteiger partial charge in [0.25, 0.3) is 0 Å². The Kier molecular flexibility index (Phi) is 2.03. The maximum absolute atomic E-state index is 12.4. The van der Waals surface area contributed by atoms with Crippen LogP contribution in [0.15, 0.2) is 12.2 Å². The maximum Gasteiger partial charge on any atom is 0.317 e. The number of carbonyl (C=O) groups is 2. The SMILES string of the molecule is O=C1OC(=O)C2C3CC(C12)C1C2CC(C31)C1C3OC(C4C5C=CC(C5)C34)C21. The van der Waals surface area contributed by atoms with Crippen molar-refractivity contribution in [2.24, 2.45) is 82.9 Å². The highest BCUT2D eigenvalue weighted by Gasteiger charge is 2.79. The minimum Gasteiger partial charge on any atom is -0.393 e. The van der Waals surface area contributed by atoms with Gasteiger partial charge in [-0.1, -0.05) is 12.2 Å². The quantitative estimate of drug-likeness (QED) is 0.286. The molecule has 4 nitrogen and oxygen atoms in total. The van der Waals surface area contributed by atoms with Crippen LogP contribution in [0, 0.1) is 82.9 Å². The zero-order valence-electron chi connectivity index (χ0n) is 15.1. The number of esters is 2. The Hall–Kier alpha value is -1.16. The van der Waals surface area contributed by atoms with E-state index in [9.17, 15) is 9.59 Å². The van der Waals surface area contributed by atoms with Gasteiger partial charge in [0.05, 0.1) is 24.0 Å². The number of rotatable bonds is 0. The van der Waals surface area contributed by atoms with Gasteiger partial charge in [0.15, 0.2) is 0 Å². The first kappa shape index (κ1) is 13.9. The van der Waals surface area contributed by atoms with Crippen LogP contribution in [0.1, 0.15) is 19.3 Å². The van der Waals surface area contributed by atoms with Crippen LogP contribution in [0.25, 0.3) is 0 Å². The van der Waals surface area contributed by atoms with Gasteiger partial charge < -0.3 is 9.47 Å². The monoisotopic (exact) mass is 364 g/mol. The zero-order valence-corrected chi connectivity index (χ0v) is 15.1. The van der Waals surface area contributed by atoms with Gasteiger partial charge in [-0.25, -0.2) is 0 Å². The molecule has 0 spiro atoms. The van der Waals surface area contributed by atoms with E-state index in [-0.39, 0.29) is 23.8 Å². The Balaban J connectivity index is 1.15. The van der Waals surface area contributed by atoms with Crippen molar-refractivity contribution in [2.75, 3.05) is 0 Å². The van der Waals surface area contributed by atoms with Gasteiger partial charge in [0.1, 0.15) is 0 Å². The molecule has 3 heterocycles. The summed E-state index contributed by atoms with van der Waals surface area (Å²) in [6.07, 6.45) is 9.82. The van der Waals surface area contributed by atoms with Crippen LogP contribution in [-0.2, 0) is 19.1 Å². The highest BCUT2D eigenvalue weighted by Crippen LogP contribution is 2.79. The largest absolute Gasteiger partial charge is 0.393 e. The van der Waals surface area contributed by atoms with Gasteiger partial charge >= 0.3 is 11.9 Å². The average Bonchev–Trinajstić information content (AvgIpc) is 3.44. The van der Waals surface area contributed by atoms with E-state index in [4.69, 9.17) is 9.47 Å². The molecule has 27 heavy (non-hydrogen) atoms. The summed E-state index contributed by atoms with van der Waals surface area (Å²) in [5, 5.41) is 0. The minimum absolute atomic E-state index is 0.0979. The third-order valence-corrected chi connectivity index (χ3v) is 11.4. The Morgan fingerprint density at radius 2 is 1.15 bits per heavy atom. The van der Waals surface area contributed by atoms with Crippen molar-refractivity contribution >= 4 is 11.9 Å². The van der Waals surface area contributed by atoms with Crippen LogP contribution in [0.4, 0.5) is 0 Å². The highest BCUT2D eigenvalue weighted by molar-refractivity contribution is 5.97. The molecule has 9 rings (SSSR count). The zero-order chi connectivity index (χ0) is 17.3. The predicted molar refractivity (Wildman–Crippen MR) is 91.6 cm³/mol. The summed E-state index contributed by atoms with van der Waals surface area (Å²) in [4.78, 5) is 24.7. The summed E-state index contributed by atoms with van der Waals surface area (Å²) in [6, 6.07) is 0. The fourth-order valence-corrected chi connectivity index (χ4v) is 11.4. The van der Waals surface area contributed by atoms with E-state index in [0.29, 0.717) is 35.9 Å². The molecule has 0 N–H and O–H groups in total. The molecule has 0 amide bonds. The van der Waals surface area contributed by atoms with Crippen LogP contribution in [0.5, 0.6) is 0 Å². The summed E-state index contributed by atoms with van der Waals surface area (Å²) >= 11 is 0. The summed E-state index contributed by atoms with van der Waals surface area (Å²) in [6.45, 7) is 0. The molecule has 8 fully saturated rings. The predicted octanol–water partition coefficient (Wildman–Crippen LogP) is 2.29. The van der Waals surface area contributed by atoms with E-state index in [0.717, 1.165) is 53.8 Å². The van der Waals surface area contributed by atoms with Crippen LogP contribution >= 0.6 is 0 Å². The molecule has 3 saturated heterocycles. The van der Waals surface area contributed by atoms with Gasteiger partial charge in [0.2, 0.25) is 0 Å². The van der Waals surface area contributed by atoms with Crippen molar-refractivity contribution < 1.29 is 19.1 Å². The van der Waals surface area contributed by atoms with Gasteiger partial charge in [-0.2, -0.15) is 0 Å². The molecule has 5 saturated carbocycles. The third-order valence-electron chi connectivity index (χ3n) is 11.4. The number of cyclic esters (lactones) is 2. The molecular formula is C23H24O4. The molecule has 8 bridgehead atoms. The second-order valence-corrected chi connectivity index (χ2v) is 11.4. The van der Waals surface area contributed by atoms with E-state index in [1.165, 1.54) is 12.8 Å². The summed E-state index contributed by atoms with van der Waals surface area (Å²) in [5.41, 5.74) is 0. The molecular weight excluding hydrogens is 340 g/mol. The summed E-state index contributed by atoms with van der Waals surface area (Å²) < 4.78 is 11.9. The molecule has 6 aliphatic carbocycles. The topological polar surface area (TPSA) is 52.6 Å². The van der Waals surface area contributed by atoms with E-state index < -0.39 is 0 Å². The normalized spacial score (nSPS) is 72.1. The van der Waals surface area contributed by atoms with Crippen molar-refractivity contribution in [3.05, 3.63) is 12.2 Å². The first-order valence-corrected chi connectivity index (χ1v) is 11.3. The van der Waals surface area contributed by atoms with Crippen molar-refractivity contribution in [1.82, 2.24) is 0 Å². The molecule has 140 valence electrons. The van der Waals surface area contributed by atoms with Crippen LogP contribution in [-0.4, -0.2) is 24.1 Å². The van der Waals surface area contributed by atoms with Crippen molar-refractivity contribution in [1.29, 1.82) is 0 Å². The molecule has 4 heteroatoms. The number of allylic oxidation sites excluding steroid dienone is 2. The Bertz CT molecular complexity index is 798. The van der Waals surface area contributed by atoms with Gasteiger partial charge in [-0.15, -0.1) is 0 Å². The fraction of sp³-hybridized carbons (Fsp3) is 0.826. The van der Waals surface area contributed by atoms with Crippen LogP contribution < -0.4 is 0 Å². The number of ether oxygens (including phenoxy) is 2. The summed E-state index contributed by atoms with van der Waals surface area (Å²) in [5.74, 6) is 7.75. The molecule has 3 aliphatic heterocycles. The fourth-order valence-electron chi connectivity index (χ4n) is 11.4. The Morgan fingerprint density at radius 1 is 0.630 bits per heavy atom. The third kappa shape index (κ3) is 1.20. The van der Waals surface area contributed by atoms with Crippen molar-refractivity contribution in [3.63, 3.8) is 0 Å². The van der Waals surface area contributed by atoms with Gasteiger partial charge in [0, 0.05) is 0 Å². The standard InChI is InChI=1S/C23H24O4/c24-22-18-10-5-11(19(18)23(25)27-22)15-9-4-8(14(10)15)16-17(9)21-13-7-2-1-6(3-7)12(13)20(16)26-21/h1-2,6-21H,3-5H2. The average molecular weight is 364 g/mol. The first-order chi connectivity index (χ1) is 13.2. The lowest BCUT2D eigenvalue weighted by Gasteiger charge is -2.48. The van der Waals surface area contributed by atoms with E-state index in [2.05, 4.69) is 12.2 Å². The number of hydrogen-bond donors (Lipinski definition) is 0. The molecule has 0 aromatic heterocycles. The lowest BCUT2D eigenvalue weighted by atomic mass is 9.53. The smallest absolute Gasteiger partial charge is 0.317 e. The molecule has 0 aromatic rings. The van der Waals surface area contributed by atoms with Gasteiger partial charge in [-0.05, 0) is 90.3 Å². The van der Waals surface area contributed by atoms with Crippen molar-refractivity contribution in [2.45, 2.75) is 31.5 Å². The van der Waals surface area contributed by atoms with E-state index in [1.54, 1.807) is 0 Å². The molecule has 16 atom stereocenters. The van der Waals surface area contributed by atoms with Crippen LogP contribution in [0.2, 0.25) is 0 Å². The second-order valence-electron chi connectivity index (χ2n) is 11.4. The lowest BCUT2D eigenvalue weighted by Crippen LogP contribution is -2.51. The summed E-state index contributed by atoms with van der Waals surface area (Å²) in [7, 11) is 0. The van der Waals surface area contributed by atoms with Crippen molar-refractivity contribution in [3.8, 4) is 0 Å². The molecule has 9 aliphatic rings. The number of hydrogen-bond acceptors (Lipinski definition) is 4. The maximum atomic E-state index is 12.4. The minimum atomic E-state index is -0.197. The molecule has 16 unspecified atom stereocenters. The second kappa shape index (κ2) is 3.94. The molecule has 0 radical (unpaired) electrons. The number of carbonyl (C=O) groups excluding carboxylic acids is 2. The highest BCUT2D eigenvalue weighted by atomic mass is 16.6. The van der Waals surface area contributed by atoms with Crippen LogP contribution in [0.3, 0.4) is 0 Å². The lowest BCUT2D eigenvalue weighted by molar-refractivity contribution is -0.154. The van der Waals surface area contributed by atoms with E-state index in [1.807, 2.05) is 0 Å². The first-order valence-electron chi connectivity index (χ1n) is 11.3. The van der Waals surface area contributed by atoms with E-state index >= 15 is 0 Å². The number of fused-ring (bicyclic) bond motifs is 26. The molecule has 0 aromatic carbocycles. The van der Waals surface area contributed by atoms with Gasteiger partial charge in [-0.3, -0.25) is 9.59 Å². The Labute approximate surface area is 158 Å². The Morgan fingerprint density at radius 3 is 1.70 bits per heavy atom.